The van der Waals surface area contributed by atoms with Crippen molar-refractivity contribution in [2.24, 2.45) is 22.7 Å². The molecule has 13 heavy (non-hydrogen) atoms. The molecule has 0 aliphatic heterocycles. The summed E-state index contributed by atoms with van der Waals surface area (Å²) in [6.45, 7) is 6.48. The van der Waals surface area contributed by atoms with E-state index in [2.05, 4.69) is 20.8 Å². The van der Waals surface area contributed by atoms with E-state index in [9.17, 15) is 9.90 Å². The third-order valence-electron chi connectivity index (χ3n) is 4.87. The molecule has 0 aromatic carbocycles. The van der Waals surface area contributed by atoms with E-state index in [4.69, 9.17) is 0 Å². The van der Waals surface area contributed by atoms with E-state index in [1.165, 1.54) is 0 Å². The average molecular weight is 182 g/mol. The molecule has 2 aliphatic carbocycles. The van der Waals surface area contributed by atoms with Gasteiger partial charge in [-0.3, -0.25) is 4.79 Å². The lowest BCUT2D eigenvalue weighted by Gasteiger charge is -2.32. The summed E-state index contributed by atoms with van der Waals surface area (Å²) in [6, 6.07) is 0. The molecule has 0 spiro atoms. The first-order chi connectivity index (χ1) is 5.95. The number of ketones is 1. The van der Waals surface area contributed by atoms with Crippen LogP contribution in [-0.2, 0) is 4.79 Å². The summed E-state index contributed by atoms with van der Waals surface area (Å²) in [5.41, 5.74) is -0.0669. The van der Waals surface area contributed by atoms with E-state index < -0.39 is 0 Å². The molecule has 74 valence electrons. The first-order valence-corrected chi connectivity index (χ1v) is 5.10. The number of hydrogen-bond acceptors (Lipinski definition) is 2. The van der Waals surface area contributed by atoms with Crippen LogP contribution in [0, 0.1) is 22.7 Å². The van der Waals surface area contributed by atoms with Crippen molar-refractivity contribution in [1.82, 2.24) is 0 Å². The number of carbonyl (C=O) groups is 1. The first-order valence-electron chi connectivity index (χ1n) is 5.10. The van der Waals surface area contributed by atoms with Crippen LogP contribution >= 0.6 is 0 Å². The lowest BCUT2D eigenvalue weighted by atomic mass is 9.70. The van der Waals surface area contributed by atoms with Crippen molar-refractivity contribution in [3.8, 4) is 0 Å². The number of aliphatic hydroxyl groups excluding tert-OH is 1. The van der Waals surface area contributed by atoms with E-state index in [-0.39, 0.29) is 23.4 Å². The van der Waals surface area contributed by atoms with Gasteiger partial charge in [-0.25, -0.2) is 0 Å². The monoisotopic (exact) mass is 182 g/mol. The highest BCUT2D eigenvalue weighted by Gasteiger charge is 2.65. The van der Waals surface area contributed by atoms with Crippen molar-refractivity contribution in [2.75, 3.05) is 6.61 Å². The summed E-state index contributed by atoms with van der Waals surface area (Å²) >= 11 is 0. The molecule has 2 fully saturated rings. The average Bonchev–Trinajstić information content (AvgIpc) is 2.36. The zero-order valence-electron chi connectivity index (χ0n) is 8.63. The Morgan fingerprint density at radius 1 is 1.46 bits per heavy atom. The lowest BCUT2D eigenvalue weighted by Crippen LogP contribution is -2.34. The van der Waals surface area contributed by atoms with Crippen LogP contribution in [-0.4, -0.2) is 17.5 Å². The molecule has 0 aromatic rings. The molecule has 0 unspecified atom stereocenters. The van der Waals surface area contributed by atoms with Crippen LogP contribution in [0.15, 0.2) is 0 Å². The van der Waals surface area contributed by atoms with Gasteiger partial charge in [0.2, 0.25) is 0 Å². The Morgan fingerprint density at radius 3 is 2.38 bits per heavy atom. The van der Waals surface area contributed by atoms with Crippen LogP contribution in [0.25, 0.3) is 0 Å². The van der Waals surface area contributed by atoms with Crippen molar-refractivity contribution in [3.63, 3.8) is 0 Å². The van der Waals surface area contributed by atoms with Gasteiger partial charge in [0.25, 0.3) is 0 Å². The standard InChI is InChI=1S/C11H18O2/c1-10(2)8-4-5-11(10,3)9(13)7(8)6-12/h7-8,12H,4-6H2,1-3H3/t7-,8-,11+/m0/s1. The van der Waals surface area contributed by atoms with E-state index in [0.717, 1.165) is 12.8 Å². The molecule has 2 bridgehead atoms. The van der Waals surface area contributed by atoms with Gasteiger partial charge in [0, 0.05) is 11.3 Å². The Labute approximate surface area is 79.3 Å². The van der Waals surface area contributed by atoms with E-state index in [0.29, 0.717) is 11.7 Å². The third-order valence-corrected chi connectivity index (χ3v) is 4.87. The van der Waals surface area contributed by atoms with Crippen LogP contribution in [0.3, 0.4) is 0 Å². The number of Topliss-reactive ketones (excluding diaryl/α,β-unsaturated/α-hetero) is 1. The largest absolute Gasteiger partial charge is 0.396 e. The van der Waals surface area contributed by atoms with Gasteiger partial charge in [-0.05, 0) is 24.2 Å². The van der Waals surface area contributed by atoms with Gasteiger partial charge in [-0.1, -0.05) is 20.8 Å². The van der Waals surface area contributed by atoms with Crippen molar-refractivity contribution in [3.05, 3.63) is 0 Å². The van der Waals surface area contributed by atoms with Crippen LogP contribution in [0.2, 0.25) is 0 Å². The van der Waals surface area contributed by atoms with E-state index >= 15 is 0 Å². The molecule has 2 rings (SSSR count). The second-order valence-corrected chi connectivity index (χ2v) is 5.35. The lowest BCUT2D eigenvalue weighted by molar-refractivity contribution is -0.132. The highest BCUT2D eigenvalue weighted by Crippen LogP contribution is 2.65. The Hall–Kier alpha value is -0.370. The third kappa shape index (κ3) is 0.804. The predicted molar refractivity (Wildman–Crippen MR) is 50.2 cm³/mol. The molecule has 0 heterocycles. The highest BCUT2D eigenvalue weighted by atomic mass is 16.3. The smallest absolute Gasteiger partial charge is 0.144 e. The molecule has 0 amide bonds. The second-order valence-electron chi connectivity index (χ2n) is 5.35. The van der Waals surface area contributed by atoms with Crippen molar-refractivity contribution >= 4 is 5.78 Å². The fraction of sp³-hybridized carbons (Fsp3) is 0.909. The highest BCUT2D eigenvalue weighted by molar-refractivity contribution is 5.91. The predicted octanol–water partition coefficient (Wildman–Crippen LogP) is 1.62. The van der Waals surface area contributed by atoms with Gasteiger partial charge < -0.3 is 5.11 Å². The Kier molecular flexibility index (Phi) is 1.66. The maximum atomic E-state index is 12.0. The van der Waals surface area contributed by atoms with Crippen LogP contribution in [0.5, 0.6) is 0 Å². The number of aliphatic hydroxyl groups is 1. The van der Waals surface area contributed by atoms with Crippen LogP contribution in [0.4, 0.5) is 0 Å². The topological polar surface area (TPSA) is 37.3 Å². The summed E-state index contributed by atoms with van der Waals surface area (Å²) in [5, 5.41) is 9.18. The number of carbonyl (C=O) groups excluding carboxylic acids is 1. The SMILES string of the molecule is CC1(C)[C@H]2CC[C@]1(C)C(=O)[C@H]2CO. The van der Waals surface area contributed by atoms with Gasteiger partial charge in [0.15, 0.2) is 0 Å². The summed E-state index contributed by atoms with van der Waals surface area (Å²) in [4.78, 5) is 12.0. The fourth-order valence-corrected chi connectivity index (χ4v) is 3.48. The normalized spacial score (nSPS) is 47.2. The van der Waals surface area contributed by atoms with Gasteiger partial charge >= 0.3 is 0 Å². The molecule has 1 N–H and O–H groups in total. The van der Waals surface area contributed by atoms with Gasteiger partial charge in [0.1, 0.15) is 5.78 Å². The quantitative estimate of drug-likeness (QED) is 0.669. The van der Waals surface area contributed by atoms with Crippen LogP contribution < -0.4 is 0 Å². The number of rotatable bonds is 1. The minimum Gasteiger partial charge on any atom is -0.396 e. The van der Waals surface area contributed by atoms with Crippen molar-refractivity contribution < 1.29 is 9.90 Å². The van der Waals surface area contributed by atoms with E-state index in [1.807, 2.05) is 0 Å². The molecular weight excluding hydrogens is 164 g/mol. The molecule has 2 aliphatic rings. The summed E-state index contributed by atoms with van der Waals surface area (Å²) in [6.07, 6.45) is 2.13. The molecule has 2 nitrogen and oxygen atoms in total. The molecular formula is C11H18O2. The van der Waals surface area contributed by atoms with Gasteiger partial charge in [0.05, 0.1) is 6.61 Å². The molecule has 2 saturated carbocycles. The summed E-state index contributed by atoms with van der Waals surface area (Å²) < 4.78 is 0. The van der Waals surface area contributed by atoms with E-state index in [1.54, 1.807) is 0 Å². The minimum atomic E-state index is -0.162. The molecule has 0 saturated heterocycles. The van der Waals surface area contributed by atoms with Gasteiger partial charge in [-0.15, -0.1) is 0 Å². The maximum Gasteiger partial charge on any atom is 0.144 e. The van der Waals surface area contributed by atoms with Crippen molar-refractivity contribution in [2.45, 2.75) is 33.6 Å². The second kappa shape index (κ2) is 2.35. The summed E-state index contributed by atoms with van der Waals surface area (Å²) in [7, 11) is 0. The zero-order chi connectivity index (χ0) is 9.85. The summed E-state index contributed by atoms with van der Waals surface area (Å²) in [5.74, 6) is 0.639. The Morgan fingerprint density at radius 2 is 2.08 bits per heavy atom. The Balaban J connectivity index is 2.44. The molecule has 0 radical (unpaired) electrons. The molecule has 0 aromatic heterocycles. The minimum absolute atomic E-state index is 0.0442. The zero-order valence-corrected chi connectivity index (χ0v) is 8.63. The maximum absolute atomic E-state index is 12.0. The van der Waals surface area contributed by atoms with Crippen molar-refractivity contribution in [1.29, 1.82) is 0 Å². The first kappa shape index (κ1) is 9.20. The molecule has 3 atom stereocenters. The Bertz CT molecular complexity index is 257. The molecule has 2 heteroatoms. The van der Waals surface area contributed by atoms with Crippen LogP contribution in [0.1, 0.15) is 33.6 Å². The number of hydrogen-bond donors (Lipinski definition) is 1. The fourth-order valence-electron chi connectivity index (χ4n) is 3.48. The van der Waals surface area contributed by atoms with Gasteiger partial charge in [-0.2, -0.15) is 0 Å². The number of fused-ring (bicyclic) bond motifs is 2.